The summed E-state index contributed by atoms with van der Waals surface area (Å²) in [5, 5.41) is 10.5. The Bertz CT molecular complexity index is 1740. The fourth-order valence-electron chi connectivity index (χ4n) is 5.29. The molecule has 0 bridgehead atoms. The minimum absolute atomic E-state index is 1.19. The summed E-state index contributed by atoms with van der Waals surface area (Å²) in [5.41, 5.74) is 3.72. The molecule has 7 rings (SSSR count). The second-order valence-corrected chi connectivity index (χ2v) is 8.16. The summed E-state index contributed by atoms with van der Waals surface area (Å²) < 4.78 is 2.44. The van der Waals surface area contributed by atoms with Gasteiger partial charge in [-0.2, -0.15) is 0 Å². The van der Waals surface area contributed by atoms with Crippen molar-refractivity contribution in [3.63, 3.8) is 0 Å². The zero-order chi connectivity index (χ0) is 20.4. The van der Waals surface area contributed by atoms with Crippen LogP contribution in [0.2, 0.25) is 0 Å². The highest BCUT2D eigenvalue weighted by atomic mass is 15.0. The highest BCUT2D eigenvalue weighted by molar-refractivity contribution is 6.33. The molecule has 1 heteroatoms. The van der Waals surface area contributed by atoms with E-state index in [0.29, 0.717) is 0 Å². The minimum Gasteiger partial charge on any atom is -0.309 e. The predicted octanol–water partition coefficient (Wildman–Crippen LogP) is 8.24. The second-order valence-electron chi connectivity index (χ2n) is 8.16. The van der Waals surface area contributed by atoms with Crippen molar-refractivity contribution in [3.8, 4) is 5.69 Å². The number of aromatic nitrogens is 1. The van der Waals surface area contributed by atoms with Crippen LogP contribution in [-0.2, 0) is 0 Å². The number of benzene rings is 6. The Balaban J connectivity index is 1.86. The normalized spacial score (nSPS) is 11.9. The topological polar surface area (TPSA) is 4.93 Å². The fraction of sp³-hybridized carbons (Fsp3) is 0. The van der Waals surface area contributed by atoms with E-state index >= 15 is 0 Å². The molecule has 7 aromatic rings. The molecule has 0 aliphatic heterocycles. The third-order valence-electron chi connectivity index (χ3n) is 6.55. The van der Waals surface area contributed by atoms with Crippen LogP contribution in [0.25, 0.3) is 59.8 Å². The molecule has 0 aliphatic carbocycles. The standard InChI is InChI=1S/C30H19N/c1-2-10-20(11-3-1)31-28-17-9-8-15-24(28)27-19-18-26-23-14-5-4-12-21(23)22-13-6-7-16-25(22)29(26)30(27)31/h1-19H. The van der Waals surface area contributed by atoms with E-state index < -0.39 is 0 Å². The lowest BCUT2D eigenvalue weighted by Gasteiger charge is -2.14. The first-order valence-corrected chi connectivity index (χ1v) is 10.7. The van der Waals surface area contributed by atoms with Crippen LogP contribution in [0.5, 0.6) is 0 Å². The van der Waals surface area contributed by atoms with Crippen LogP contribution in [-0.4, -0.2) is 4.57 Å². The largest absolute Gasteiger partial charge is 0.309 e. The van der Waals surface area contributed by atoms with Gasteiger partial charge in [0, 0.05) is 21.8 Å². The lowest BCUT2D eigenvalue weighted by atomic mass is 9.93. The Kier molecular flexibility index (Phi) is 3.33. The molecular weight excluding hydrogens is 374 g/mol. The molecule has 1 nitrogen and oxygen atoms in total. The van der Waals surface area contributed by atoms with Crippen LogP contribution < -0.4 is 0 Å². The Hall–Kier alpha value is -4.10. The van der Waals surface area contributed by atoms with Crippen molar-refractivity contribution < 1.29 is 0 Å². The number of fused-ring (bicyclic) bond motifs is 10. The van der Waals surface area contributed by atoms with Crippen LogP contribution >= 0.6 is 0 Å². The minimum atomic E-state index is 1.19. The van der Waals surface area contributed by atoms with Gasteiger partial charge in [-0.3, -0.25) is 0 Å². The van der Waals surface area contributed by atoms with E-state index in [9.17, 15) is 0 Å². The van der Waals surface area contributed by atoms with Gasteiger partial charge in [-0.15, -0.1) is 0 Å². The zero-order valence-corrected chi connectivity index (χ0v) is 16.9. The highest BCUT2D eigenvalue weighted by Gasteiger charge is 2.18. The molecule has 0 radical (unpaired) electrons. The molecule has 1 heterocycles. The number of hydrogen-bond donors (Lipinski definition) is 0. The van der Waals surface area contributed by atoms with Crippen LogP contribution in [0.1, 0.15) is 0 Å². The molecule has 0 unspecified atom stereocenters. The molecular formula is C30H19N. The monoisotopic (exact) mass is 393 g/mol. The molecule has 0 N–H and O–H groups in total. The lowest BCUT2D eigenvalue weighted by Crippen LogP contribution is -1.94. The molecule has 1 aromatic heterocycles. The molecule has 0 atom stereocenters. The van der Waals surface area contributed by atoms with E-state index in [4.69, 9.17) is 0 Å². The molecule has 6 aromatic carbocycles. The van der Waals surface area contributed by atoms with E-state index in [1.807, 2.05) is 0 Å². The van der Waals surface area contributed by atoms with Crippen molar-refractivity contribution in [1.82, 2.24) is 4.57 Å². The maximum absolute atomic E-state index is 2.44. The number of hydrogen-bond acceptors (Lipinski definition) is 0. The molecule has 144 valence electrons. The van der Waals surface area contributed by atoms with Crippen molar-refractivity contribution in [1.29, 1.82) is 0 Å². The molecule has 31 heavy (non-hydrogen) atoms. The Morgan fingerprint density at radius 2 is 0.839 bits per heavy atom. The van der Waals surface area contributed by atoms with E-state index in [-0.39, 0.29) is 0 Å². The number of nitrogens with zero attached hydrogens (tertiary/aromatic N) is 1. The highest BCUT2D eigenvalue weighted by Crippen LogP contribution is 2.42. The van der Waals surface area contributed by atoms with Gasteiger partial charge in [0.05, 0.1) is 11.0 Å². The van der Waals surface area contributed by atoms with E-state index in [1.165, 1.54) is 59.8 Å². The Labute approximate surface area is 179 Å². The average molecular weight is 393 g/mol. The summed E-state index contributed by atoms with van der Waals surface area (Å²) in [6.07, 6.45) is 0. The first-order chi connectivity index (χ1) is 15.4. The Morgan fingerprint density at radius 1 is 0.355 bits per heavy atom. The first-order valence-electron chi connectivity index (χ1n) is 10.7. The summed E-state index contributed by atoms with van der Waals surface area (Å²) in [6, 6.07) is 41.7. The quantitative estimate of drug-likeness (QED) is 0.247. The first kappa shape index (κ1) is 16.7. The summed E-state index contributed by atoms with van der Waals surface area (Å²) >= 11 is 0. The van der Waals surface area contributed by atoms with Gasteiger partial charge >= 0.3 is 0 Å². The van der Waals surface area contributed by atoms with Gasteiger partial charge in [0.1, 0.15) is 0 Å². The van der Waals surface area contributed by atoms with Gasteiger partial charge in [0.15, 0.2) is 0 Å². The van der Waals surface area contributed by atoms with E-state index in [1.54, 1.807) is 0 Å². The predicted molar refractivity (Wildman–Crippen MR) is 133 cm³/mol. The van der Waals surface area contributed by atoms with Gasteiger partial charge in [0.25, 0.3) is 0 Å². The van der Waals surface area contributed by atoms with Crippen molar-refractivity contribution in [3.05, 3.63) is 115 Å². The van der Waals surface area contributed by atoms with Crippen LogP contribution in [0.4, 0.5) is 0 Å². The summed E-state index contributed by atoms with van der Waals surface area (Å²) in [5.74, 6) is 0. The van der Waals surface area contributed by atoms with Crippen molar-refractivity contribution in [2.24, 2.45) is 0 Å². The Morgan fingerprint density at radius 3 is 1.55 bits per heavy atom. The maximum atomic E-state index is 2.44. The lowest BCUT2D eigenvalue weighted by molar-refractivity contribution is 1.19. The summed E-state index contributed by atoms with van der Waals surface area (Å²) in [6.45, 7) is 0. The van der Waals surface area contributed by atoms with Crippen LogP contribution in [0, 0.1) is 0 Å². The fourth-order valence-corrected chi connectivity index (χ4v) is 5.29. The van der Waals surface area contributed by atoms with Crippen molar-refractivity contribution in [2.75, 3.05) is 0 Å². The van der Waals surface area contributed by atoms with Gasteiger partial charge in [0.2, 0.25) is 0 Å². The maximum Gasteiger partial charge on any atom is 0.0625 e. The van der Waals surface area contributed by atoms with Crippen LogP contribution in [0.3, 0.4) is 0 Å². The summed E-state index contributed by atoms with van der Waals surface area (Å²) in [7, 11) is 0. The molecule has 0 amide bonds. The van der Waals surface area contributed by atoms with Gasteiger partial charge in [-0.1, -0.05) is 97.1 Å². The van der Waals surface area contributed by atoms with Crippen molar-refractivity contribution in [2.45, 2.75) is 0 Å². The molecule has 0 fully saturated rings. The molecule has 0 aliphatic rings. The van der Waals surface area contributed by atoms with Crippen LogP contribution in [0.15, 0.2) is 115 Å². The molecule has 0 saturated heterocycles. The second kappa shape index (κ2) is 6.20. The van der Waals surface area contributed by atoms with E-state index in [0.717, 1.165) is 0 Å². The zero-order valence-electron chi connectivity index (χ0n) is 16.9. The van der Waals surface area contributed by atoms with Gasteiger partial charge < -0.3 is 4.57 Å². The molecule has 0 saturated carbocycles. The number of rotatable bonds is 1. The van der Waals surface area contributed by atoms with Crippen molar-refractivity contribution >= 4 is 54.1 Å². The average Bonchev–Trinajstić information content (AvgIpc) is 3.19. The summed E-state index contributed by atoms with van der Waals surface area (Å²) in [4.78, 5) is 0. The van der Waals surface area contributed by atoms with Gasteiger partial charge in [-0.05, 0) is 45.1 Å². The molecule has 0 spiro atoms. The van der Waals surface area contributed by atoms with E-state index in [2.05, 4.69) is 120 Å². The third-order valence-corrected chi connectivity index (χ3v) is 6.55. The third kappa shape index (κ3) is 2.21. The SMILES string of the molecule is c1ccc(-n2c3ccccc3c3ccc4c5ccccc5c5ccccc5c4c32)cc1. The number of para-hydroxylation sites is 2. The smallest absolute Gasteiger partial charge is 0.0625 e. The van der Waals surface area contributed by atoms with Gasteiger partial charge in [-0.25, -0.2) is 0 Å².